The molecule has 0 unspecified atom stereocenters. The zero-order valence-electron chi connectivity index (χ0n) is 24.9. The van der Waals surface area contributed by atoms with Gasteiger partial charge in [-0.1, -0.05) is 67.8 Å². The first-order valence-electron chi connectivity index (χ1n) is 15.4. The SMILES string of the molecule is O=C(NNCC1CCCCC1)[C@@]1(CCS(=O)(=O)c2ccccc2)N=C(c2ccc(OCCCO)cc2)O[C@H]1c1ccccc1. The molecule has 1 heterocycles. The van der Waals surface area contributed by atoms with Crippen LogP contribution in [0.5, 0.6) is 5.75 Å². The molecule has 2 atom stereocenters. The number of ether oxygens (including phenoxy) is 2. The largest absolute Gasteiger partial charge is 0.494 e. The fraction of sp³-hybridized carbons (Fsp3) is 0.412. The first-order chi connectivity index (χ1) is 21.4. The van der Waals surface area contributed by atoms with Crippen molar-refractivity contribution in [1.82, 2.24) is 10.9 Å². The fourth-order valence-corrected chi connectivity index (χ4v) is 7.20. The van der Waals surface area contributed by atoms with Gasteiger partial charge in [-0.05, 0) is 60.7 Å². The van der Waals surface area contributed by atoms with Gasteiger partial charge in [0.2, 0.25) is 5.90 Å². The Kier molecular flexibility index (Phi) is 10.7. The maximum absolute atomic E-state index is 14.2. The van der Waals surface area contributed by atoms with Gasteiger partial charge >= 0.3 is 0 Å². The molecule has 44 heavy (non-hydrogen) atoms. The number of nitrogens with one attached hydrogen (secondary N) is 2. The number of nitrogens with zero attached hydrogens (tertiary/aromatic N) is 1. The lowest BCUT2D eigenvalue weighted by Gasteiger charge is -2.31. The lowest BCUT2D eigenvalue weighted by Crippen LogP contribution is -2.54. The van der Waals surface area contributed by atoms with Crippen molar-refractivity contribution >= 4 is 21.6 Å². The van der Waals surface area contributed by atoms with Crippen molar-refractivity contribution in [2.75, 3.05) is 25.5 Å². The number of hydrazine groups is 1. The molecule has 0 radical (unpaired) electrons. The molecule has 1 fully saturated rings. The van der Waals surface area contributed by atoms with E-state index in [2.05, 4.69) is 10.9 Å². The minimum Gasteiger partial charge on any atom is -0.494 e. The number of benzene rings is 3. The summed E-state index contributed by atoms with van der Waals surface area (Å²) in [6.45, 7) is 1.06. The number of carbonyl (C=O) groups is 1. The third-order valence-electron chi connectivity index (χ3n) is 8.30. The van der Waals surface area contributed by atoms with Crippen LogP contribution in [0.1, 0.15) is 62.2 Å². The first kappa shape index (κ1) is 31.7. The van der Waals surface area contributed by atoms with E-state index < -0.39 is 27.4 Å². The van der Waals surface area contributed by atoms with Crippen LogP contribution in [0.3, 0.4) is 0 Å². The molecule has 1 aliphatic carbocycles. The molecule has 2 aliphatic rings. The predicted molar refractivity (Wildman–Crippen MR) is 169 cm³/mol. The third kappa shape index (κ3) is 7.67. The second kappa shape index (κ2) is 14.8. The summed E-state index contributed by atoms with van der Waals surface area (Å²) in [5, 5.41) is 9.04. The van der Waals surface area contributed by atoms with Crippen LogP contribution in [-0.2, 0) is 19.4 Å². The van der Waals surface area contributed by atoms with Crippen LogP contribution >= 0.6 is 0 Å². The number of aliphatic hydroxyl groups is 1. The van der Waals surface area contributed by atoms with Gasteiger partial charge in [0, 0.05) is 31.6 Å². The molecule has 1 amide bonds. The van der Waals surface area contributed by atoms with E-state index in [-0.39, 0.29) is 29.6 Å². The molecule has 3 aromatic carbocycles. The zero-order chi connectivity index (χ0) is 30.8. The third-order valence-corrected chi connectivity index (χ3v) is 10.0. The van der Waals surface area contributed by atoms with E-state index in [9.17, 15) is 13.2 Å². The average Bonchev–Trinajstić information content (AvgIpc) is 3.47. The highest BCUT2D eigenvalue weighted by Gasteiger charge is 2.53. The van der Waals surface area contributed by atoms with Gasteiger partial charge in [-0.25, -0.2) is 18.8 Å². The molecular weight excluding hydrogens is 578 g/mol. The predicted octanol–water partition coefficient (Wildman–Crippen LogP) is 4.77. The number of rotatable bonds is 14. The van der Waals surface area contributed by atoms with E-state index in [4.69, 9.17) is 19.6 Å². The minimum atomic E-state index is -3.72. The highest BCUT2D eigenvalue weighted by molar-refractivity contribution is 7.91. The molecule has 0 aromatic heterocycles. The van der Waals surface area contributed by atoms with E-state index in [0.717, 1.165) is 18.4 Å². The fourth-order valence-electron chi connectivity index (χ4n) is 5.81. The Morgan fingerprint density at radius 2 is 1.64 bits per heavy atom. The normalized spacial score (nSPS) is 20.5. The van der Waals surface area contributed by atoms with Gasteiger partial charge in [-0.2, -0.15) is 0 Å². The molecule has 0 bridgehead atoms. The molecule has 5 rings (SSSR count). The van der Waals surface area contributed by atoms with Gasteiger partial charge < -0.3 is 14.6 Å². The Hall–Kier alpha value is -3.73. The lowest BCUT2D eigenvalue weighted by atomic mass is 9.85. The molecule has 9 nitrogen and oxygen atoms in total. The molecule has 0 saturated heterocycles. The van der Waals surface area contributed by atoms with E-state index in [1.807, 2.05) is 30.3 Å². The summed E-state index contributed by atoms with van der Waals surface area (Å²) in [6.07, 6.45) is 5.41. The van der Waals surface area contributed by atoms with Gasteiger partial charge in [0.25, 0.3) is 5.91 Å². The molecule has 10 heteroatoms. The summed E-state index contributed by atoms with van der Waals surface area (Å²) >= 11 is 0. The minimum absolute atomic E-state index is 0.0449. The topological polar surface area (TPSA) is 126 Å². The van der Waals surface area contributed by atoms with Crippen molar-refractivity contribution in [2.45, 2.75) is 61.5 Å². The second-order valence-electron chi connectivity index (χ2n) is 11.4. The zero-order valence-corrected chi connectivity index (χ0v) is 25.7. The summed E-state index contributed by atoms with van der Waals surface area (Å²) < 4.78 is 39.0. The molecule has 0 spiro atoms. The number of aliphatic hydroxyl groups excluding tert-OH is 1. The van der Waals surface area contributed by atoms with Crippen LogP contribution < -0.4 is 15.6 Å². The molecule has 3 aromatic rings. The Bertz CT molecular complexity index is 1490. The van der Waals surface area contributed by atoms with Crippen LogP contribution in [0.15, 0.2) is 94.8 Å². The molecule has 234 valence electrons. The van der Waals surface area contributed by atoms with Gasteiger partial charge in [-0.3, -0.25) is 10.2 Å². The number of carbonyl (C=O) groups excluding carboxylic acids is 1. The van der Waals surface area contributed by atoms with Crippen LogP contribution in [0, 0.1) is 5.92 Å². The standard InChI is InChI=1S/C34H41N3O6S/c38-22-10-23-42-29-19-17-28(18-20-29)32-36-34(31(43-32)27-13-6-2-7-14-27,21-24-44(40,41)30-15-8-3-9-16-30)33(39)37-35-25-26-11-4-1-5-12-26/h2-3,6-9,13-20,26,31,35,38H,1,4-5,10-12,21-25H2,(H,37,39)/t31-,34-/m0/s1. The Morgan fingerprint density at radius 1 is 0.955 bits per heavy atom. The van der Waals surface area contributed by atoms with Crippen LogP contribution in [-0.4, -0.2) is 56.4 Å². The van der Waals surface area contributed by atoms with Crippen LogP contribution in [0.25, 0.3) is 0 Å². The summed E-state index contributed by atoms with van der Waals surface area (Å²) in [5.74, 6) is 0.615. The van der Waals surface area contributed by atoms with Crippen molar-refractivity contribution in [3.63, 3.8) is 0 Å². The monoisotopic (exact) mass is 619 g/mol. The van der Waals surface area contributed by atoms with Crippen LogP contribution in [0.2, 0.25) is 0 Å². The number of aliphatic imine (C=N–C) groups is 1. The highest BCUT2D eigenvalue weighted by atomic mass is 32.2. The number of amides is 1. The maximum atomic E-state index is 14.2. The Balaban J connectivity index is 1.47. The average molecular weight is 620 g/mol. The van der Waals surface area contributed by atoms with Crippen molar-refractivity contribution in [2.24, 2.45) is 10.9 Å². The quantitative estimate of drug-likeness (QED) is 0.175. The molecular formula is C34H41N3O6S. The van der Waals surface area contributed by atoms with E-state index in [1.165, 1.54) is 19.3 Å². The number of hydrogen-bond donors (Lipinski definition) is 3. The van der Waals surface area contributed by atoms with Crippen LogP contribution in [0.4, 0.5) is 0 Å². The molecule has 3 N–H and O–H groups in total. The molecule has 1 saturated carbocycles. The lowest BCUT2D eigenvalue weighted by molar-refractivity contribution is -0.130. The Labute approximate surface area is 259 Å². The smallest absolute Gasteiger partial charge is 0.266 e. The maximum Gasteiger partial charge on any atom is 0.266 e. The van der Waals surface area contributed by atoms with E-state index in [1.54, 1.807) is 54.6 Å². The van der Waals surface area contributed by atoms with E-state index in [0.29, 0.717) is 36.8 Å². The van der Waals surface area contributed by atoms with Crippen molar-refractivity contribution in [3.8, 4) is 5.75 Å². The van der Waals surface area contributed by atoms with Crippen molar-refractivity contribution in [1.29, 1.82) is 0 Å². The number of sulfone groups is 1. The molecule has 1 aliphatic heterocycles. The summed E-state index contributed by atoms with van der Waals surface area (Å²) in [5.41, 5.74) is 5.81. The summed E-state index contributed by atoms with van der Waals surface area (Å²) in [6, 6.07) is 24.7. The van der Waals surface area contributed by atoms with Crippen molar-refractivity contribution in [3.05, 3.63) is 96.1 Å². The van der Waals surface area contributed by atoms with Gasteiger partial charge in [0.05, 0.1) is 17.3 Å². The summed E-state index contributed by atoms with van der Waals surface area (Å²) in [7, 11) is -3.72. The Morgan fingerprint density at radius 3 is 2.32 bits per heavy atom. The van der Waals surface area contributed by atoms with Crippen molar-refractivity contribution < 1.29 is 27.8 Å². The second-order valence-corrected chi connectivity index (χ2v) is 13.5. The highest BCUT2D eigenvalue weighted by Crippen LogP contribution is 2.43. The van der Waals surface area contributed by atoms with Gasteiger partial charge in [0.1, 0.15) is 5.75 Å². The van der Waals surface area contributed by atoms with Gasteiger partial charge in [0.15, 0.2) is 21.5 Å². The number of hydrogen-bond acceptors (Lipinski definition) is 8. The van der Waals surface area contributed by atoms with E-state index >= 15 is 0 Å². The summed E-state index contributed by atoms with van der Waals surface area (Å²) in [4.78, 5) is 19.3. The first-order valence-corrected chi connectivity index (χ1v) is 17.0. The van der Waals surface area contributed by atoms with Gasteiger partial charge in [-0.15, -0.1) is 0 Å².